The summed E-state index contributed by atoms with van der Waals surface area (Å²) >= 11 is 0. The molecule has 7 heteroatoms. The van der Waals surface area contributed by atoms with Gasteiger partial charge in [-0.15, -0.1) is 24.0 Å². The zero-order valence-corrected chi connectivity index (χ0v) is 18.5. The molecule has 0 saturated heterocycles. The van der Waals surface area contributed by atoms with E-state index in [-0.39, 0.29) is 29.5 Å². The number of hydrogen-bond acceptors (Lipinski definition) is 3. The SMILES string of the molecule is CN=C(NCCCn1cccn1)NCC1(N(C)C)CCCC(C)C1.I. The lowest BCUT2D eigenvalue weighted by Gasteiger charge is -2.45. The molecule has 6 nitrogen and oxygen atoms in total. The summed E-state index contributed by atoms with van der Waals surface area (Å²) in [5.74, 6) is 1.70. The van der Waals surface area contributed by atoms with Gasteiger partial charge in [-0.1, -0.05) is 19.8 Å². The van der Waals surface area contributed by atoms with Crippen molar-refractivity contribution in [2.75, 3.05) is 34.2 Å². The third-order valence-electron chi connectivity index (χ3n) is 5.24. The molecule has 1 fully saturated rings. The van der Waals surface area contributed by atoms with Gasteiger partial charge in [0.05, 0.1) is 0 Å². The zero-order chi connectivity index (χ0) is 17.4. The molecular formula is C18H35IN6. The molecule has 0 spiro atoms. The molecule has 0 radical (unpaired) electrons. The van der Waals surface area contributed by atoms with Crippen molar-refractivity contribution in [3.8, 4) is 0 Å². The minimum Gasteiger partial charge on any atom is -0.356 e. The number of hydrogen-bond donors (Lipinski definition) is 2. The molecule has 0 bridgehead atoms. The van der Waals surface area contributed by atoms with Gasteiger partial charge in [0.2, 0.25) is 0 Å². The number of rotatable bonds is 7. The summed E-state index contributed by atoms with van der Waals surface area (Å²) in [6.07, 6.45) is 10.0. The second-order valence-electron chi connectivity index (χ2n) is 7.30. The first kappa shape index (κ1) is 22.2. The monoisotopic (exact) mass is 462 g/mol. The first-order valence-corrected chi connectivity index (χ1v) is 9.15. The molecule has 25 heavy (non-hydrogen) atoms. The summed E-state index contributed by atoms with van der Waals surface area (Å²) in [7, 11) is 6.26. The summed E-state index contributed by atoms with van der Waals surface area (Å²) in [5, 5.41) is 11.2. The van der Waals surface area contributed by atoms with Crippen LogP contribution in [0, 0.1) is 5.92 Å². The van der Waals surface area contributed by atoms with Crippen molar-refractivity contribution in [2.45, 2.75) is 51.1 Å². The molecule has 2 atom stereocenters. The number of nitrogens with one attached hydrogen (secondary N) is 2. The molecule has 144 valence electrons. The lowest BCUT2D eigenvalue weighted by atomic mass is 9.75. The minimum absolute atomic E-state index is 0. The van der Waals surface area contributed by atoms with Gasteiger partial charge < -0.3 is 15.5 Å². The van der Waals surface area contributed by atoms with E-state index in [1.165, 1.54) is 25.7 Å². The molecule has 1 aromatic heterocycles. The van der Waals surface area contributed by atoms with Gasteiger partial charge in [0.25, 0.3) is 0 Å². The Kier molecular flexibility index (Phi) is 9.78. The van der Waals surface area contributed by atoms with Crippen molar-refractivity contribution in [2.24, 2.45) is 10.9 Å². The summed E-state index contributed by atoms with van der Waals surface area (Å²) in [6, 6.07) is 1.96. The van der Waals surface area contributed by atoms with Crippen LogP contribution >= 0.6 is 24.0 Å². The summed E-state index contributed by atoms with van der Waals surface area (Å²) in [4.78, 5) is 6.77. The van der Waals surface area contributed by atoms with Gasteiger partial charge in [-0.25, -0.2) is 0 Å². The molecule has 1 aliphatic rings. The van der Waals surface area contributed by atoms with E-state index in [2.05, 4.69) is 46.6 Å². The zero-order valence-electron chi connectivity index (χ0n) is 16.2. The lowest BCUT2D eigenvalue weighted by Crippen LogP contribution is -2.56. The summed E-state index contributed by atoms with van der Waals surface area (Å²) < 4.78 is 1.96. The fraction of sp³-hybridized carbons (Fsp3) is 0.778. The fourth-order valence-electron chi connectivity index (χ4n) is 3.71. The molecule has 0 amide bonds. The first-order valence-electron chi connectivity index (χ1n) is 9.15. The maximum Gasteiger partial charge on any atom is 0.191 e. The molecule has 1 aliphatic carbocycles. The number of nitrogens with zero attached hydrogens (tertiary/aromatic N) is 4. The van der Waals surface area contributed by atoms with Crippen LogP contribution in [0.15, 0.2) is 23.5 Å². The average molecular weight is 462 g/mol. The highest BCUT2D eigenvalue weighted by molar-refractivity contribution is 14.0. The highest BCUT2D eigenvalue weighted by atomic mass is 127. The Balaban J connectivity index is 0.00000312. The highest BCUT2D eigenvalue weighted by Gasteiger charge is 2.36. The van der Waals surface area contributed by atoms with Gasteiger partial charge in [0.15, 0.2) is 5.96 Å². The van der Waals surface area contributed by atoms with Crippen LogP contribution in [-0.2, 0) is 6.54 Å². The Morgan fingerprint density at radius 3 is 2.80 bits per heavy atom. The van der Waals surface area contributed by atoms with Crippen LogP contribution in [0.2, 0.25) is 0 Å². The van der Waals surface area contributed by atoms with Gasteiger partial charge >= 0.3 is 0 Å². The lowest BCUT2D eigenvalue weighted by molar-refractivity contribution is 0.0796. The van der Waals surface area contributed by atoms with Crippen LogP contribution in [0.25, 0.3) is 0 Å². The molecule has 2 unspecified atom stereocenters. The van der Waals surface area contributed by atoms with Gasteiger partial charge in [0.1, 0.15) is 0 Å². The summed E-state index contributed by atoms with van der Waals surface area (Å²) in [5.41, 5.74) is 0.240. The topological polar surface area (TPSA) is 57.5 Å². The first-order chi connectivity index (χ1) is 11.6. The normalized spacial score (nSPS) is 24.0. The summed E-state index contributed by atoms with van der Waals surface area (Å²) in [6.45, 7) is 5.14. The van der Waals surface area contributed by atoms with E-state index in [9.17, 15) is 0 Å². The Hall–Kier alpha value is -0.830. The predicted molar refractivity (Wildman–Crippen MR) is 116 cm³/mol. The Bertz CT molecular complexity index is 502. The molecule has 0 aromatic carbocycles. The fourth-order valence-corrected chi connectivity index (χ4v) is 3.71. The minimum atomic E-state index is 0. The number of halogens is 1. The average Bonchev–Trinajstić information content (AvgIpc) is 3.07. The van der Waals surface area contributed by atoms with E-state index >= 15 is 0 Å². The third-order valence-corrected chi connectivity index (χ3v) is 5.24. The van der Waals surface area contributed by atoms with Crippen LogP contribution in [-0.4, -0.2) is 60.4 Å². The maximum atomic E-state index is 4.37. The Morgan fingerprint density at radius 1 is 1.40 bits per heavy atom. The smallest absolute Gasteiger partial charge is 0.191 e. The molecule has 2 rings (SSSR count). The van der Waals surface area contributed by atoms with Crippen LogP contribution in [0.4, 0.5) is 0 Å². The predicted octanol–water partition coefficient (Wildman–Crippen LogP) is 2.57. The van der Waals surface area contributed by atoms with E-state index in [1.54, 1.807) is 0 Å². The van der Waals surface area contributed by atoms with Gasteiger partial charge in [-0.05, 0) is 45.3 Å². The molecule has 2 N–H and O–H groups in total. The largest absolute Gasteiger partial charge is 0.356 e. The molecule has 1 heterocycles. The third kappa shape index (κ3) is 6.77. The highest BCUT2D eigenvalue weighted by Crippen LogP contribution is 2.35. The van der Waals surface area contributed by atoms with Crippen LogP contribution < -0.4 is 10.6 Å². The molecule has 0 aliphatic heterocycles. The van der Waals surface area contributed by atoms with Crippen molar-refractivity contribution >= 4 is 29.9 Å². The van der Waals surface area contributed by atoms with E-state index in [1.807, 2.05) is 30.2 Å². The van der Waals surface area contributed by atoms with Gasteiger partial charge in [-0.2, -0.15) is 5.10 Å². The maximum absolute atomic E-state index is 4.37. The van der Waals surface area contributed by atoms with E-state index in [0.29, 0.717) is 0 Å². The number of guanidine groups is 1. The Morgan fingerprint density at radius 2 is 2.20 bits per heavy atom. The van der Waals surface area contributed by atoms with Crippen LogP contribution in [0.3, 0.4) is 0 Å². The van der Waals surface area contributed by atoms with E-state index < -0.39 is 0 Å². The number of aromatic nitrogens is 2. The van der Waals surface area contributed by atoms with Crippen molar-refractivity contribution in [1.29, 1.82) is 0 Å². The second kappa shape index (κ2) is 11.0. The van der Waals surface area contributed by atoms with Gasteiger partial charge in [0, 0.05) is 44.6 Å². The quantitative estimate of drug-likeness (QED) is 0.283. The molecule has 1 aromatic rings. The van der Waals surface area contributed by atoms with Gasteiger partial charge in [-0.3, -0.25) is 9.67 Å². The van der Waals surface area contributed by atoms with Crippen LogP contribution in [0.1, 0.15) is 39.0 Å². The van der Waals surface area contributed by atoms with Crippen LogP contribution in [0.5, 0.6) is 0 Å². The number of aliphatic imine (C=N–C) groups is 1. The van der Waals surface area contributed by atoms with E-state index in [4.69, 9.17) is 0 Å². The number of likely N-dealkylation sites (N-methyl/N-ethyl adjacent to an activating group) is 1. The van der Waals surface area contributed by atoms with Crippen molar-refractivity contribution in [3.63, 3.8) is 0 Å². The standard InChI is InChI=1S/C18H34N6.HI/c1-16-8-5-9-18(14-16,23(3)4)15-21-17(19-2)20-10-6-12-24-13-7-11-22-24;/h7,11,13,16H,5-6,8-10,12,14-15H2,1-4H3,(H2,19,20,21);1H. The van der Waals surface area contributed by atoms with Crippen molar-refractivity contribution in [3.05, 3.63) is 18.5 Å². The Labute approximate surface area is 169 Å². The van der Waals surface area contributed by atoms with E-state index in [0.717, 1.165) is 37.9 Å². The molecular weight excluding hydrogens is 427 g/mol. The molecule has 1 saturated carbocycles. The van der Waals surface area contributed by atoms with Crippen molar-refractivity contribution < 1.29 is 0 Å². The second-order valence-corrected chi connectivity index (χ2v) is 7.30. The van der Waals surface area contributed by atoms with Crippen molar-refractivity contribution in [1.82, 2.24) is 25.3 Å². The number of aryl methyl sites for hydroxylation is 1.